The minimum Gasteiger partial charge on any atom is -0.497 e. The first-order chi connectivity index (χ1) is 9.76. The summed E-state index contributed by atoms with van der Waals surface area (Å²) in [5.74, 6) is 1.43. The summed E-state index contributed by atoms with van der Waals surface area (Å²) in [6, 6.07) is 11.3. The van der Waals surface area contributed by atoms with E-state index in [0.29, 0.717) is 11.4 Å². The molecule has 102 valence electrons. The van der Waals surface area contributed by atoms with E-state index in [-0.39, 0.29) is 5.91 Å². The molecule has 0 saturated carbocycles. The van der Waals surface area contributed by atoms with Gasteiger partial charge in [-0.1, -0.05) is 0 Å². The van der Waals surface area contributed by atoms with Crippen molar-refractivity contribution in [3.8, 4) is 5.75 Å². The normalized spacial score (nSPS) is 10.7. The van der Waals surface area contributed by atoms with Gasteiger partial charge in [0, 0.05) is 4.70 Å². The zero-order valence-electron chi connectivity index (χ0n) is 10.9. The Bertz CT molecular complexity index is 731. The molecule has 2 heterocycles. The van der Waals surface area contributed by atoms with E-state index in [9.17, 15) is 4.79 Å². The number of thiophene rings is 1. The van der Waals surface area contributed by atoms with Crippen LogP contribution in [0.25, 0.3) is 10.1 Å². The lowest BCUT2D eigenvalue weighted by atomic mass is 10.2. The maximum atomic E-state index is 12.1. The van der Waals surface area contributed by atoms with Gasteiger partial charge in [-0.15, -0.1) is 11.3 Å². The average molecular weight is 287 g/mol. The van der Waals surface area contributed by atoms with Gasteiger partial charge in [0.05, 0.1) is 24.8 Å². The van der Waals surface area contributed by atoms with E-state index in [2.05, 4.69) is 5.32 Å². The van der Waals surface area contributed by atoms with Gasteiger partial charge in [0.25, 0.3) is 5.91 Å². The molecule has 0 aliphatic heterocycles. The zero-order chi connectivity index (χ0) is 13.9. The summed E-state index contributed by atoms with van der Waals surface area (Å²) in [4.78, 5) is 12.8. The van der Waals surface area contributed by atoms with Crippen LogP contribution in [0, 0.1) is 0 Å². The lowest BCUT2D eigenvalue weighted by Gasteiger charge is -1.99. The first-order valence-corrected chi connectivity index (χ1v) is 6.96. The highest BCUT2D eigenvalue weighted by atomic mass is 32.1. The Kier molecular flexibility index (Phi) is 3.43. The third kappa shape index (κ3) is 2.53. The van der Waals surface area contributed by atoms with Crippen molar-refractivity contribution in [1.82, 2.24) is 5.32 Å². The minimum absolute atomic E-state index is 0.0958. The van der Waals surface area contributed by atoms with Crippen molar-refractivity contribution >= 4 is 27.3 Å². The maximum Gasteiger partial charge on any atom is 0.261 e. The quantitative estimate of drug-likeness (QED) is 0.799. The van der Waals surface area contributed by atoms with Crippen LogP contribution >= 0.6 is 11.3 Å². The Labute approximate surface area is 120 Å². The summed E-state index contributed by atoms with van der Waals surface area (Å²) in [6.45, 7) is 0.392. The predicted molar refractivity (Wildman–Crippen MR) is 78.3 cm³/mol. The van der Waals surface area contributed by atoms with Crippen LogP contribution in [0.2, 0.25) is 0 Å². The van der Waals surface area contributed by atoms with Gasteiger partial charge in [-0.25, -0.2) is 0 Å². The van der Waals surface area contributed by atoms with Crippen LogP contribution in [-0.4, -0.2) is 13.0 Å². The Morgan fingerprint density at radius 3 is 3.00 bits per heavy atom. The molecule has 3 rings (SSSR count). The molecule has 1 N–H and O–H groups in total. The molecule has 0 aliphatic rings. The van der Waals surface area contributed by atoms with Gasteiger partial charge in [0.2, 0.25) is 0 Å². The molecule has 0 radical (unpaired) electrons. The van der Waals surface area contributed by atoms with Crippen LogP contribution in [0.4, 0.5) is 0 Å². The summed E-state index contributed by atoms with van der Waals surface area (Å²) in [7, 11) is 1.63. The van der Waals surface area contributed by atoms with Crippen molar-refractivity contribution in [3.63, 3.8) is 0 Å². The number of methoxy groups -OCH3 is 1. The first-order valence-electron chi connectivity index (χ1n) is 6.14. The zero-order valence-corrected chi connectivity index (χ0v) is 11.7. The number of carbonyl (C=O) groups is 1. The van der Waals surface area contributed by atoms with Crippen molar-refractivity contribution in [3.05, 3.63) is 53.3 Å². The molecule has 4 nitrogen and oxygen atoms in total. The van der Waals surface area contributed by atoms with Crippen LogP contribution in [0.1, 0.15) is 15.4 Å². The molecular formula is C15H13NO3S. The highest BCUT2D eigenvalue weighted by molar-refractivity contribution is 7.20. The number of furan rings is 1. The molecule has 20 heavy (non-hydrogen) atoms. The van der Waals surface area contributed by atoms with Gasteiger partial charge >= 0.3 is 0 Å². The standard InChI is InChI=1S/C15H13NO3S/c1-18-11-4-5-13-10(7-11)8-14(20-13)15(17)16-9-12-3-2-6-19-12/h2-8H,9H2,1H3,(H,16,17). The smallest absolute Gasteiger partial charge is 0.261 e. The van der Waals surface area contributed by atoms with E-state index in [0.717, 1.165) is 21.6 Å². The second kappa shape index (κ2) is 5.38. The van der Waals surface area contributed by atoms with Crippen LogP contribution < -0.4 is 10.1 Å². The van der Waals surface area contributed by atoms with Crippen molar-refractivity contribution in [2.45, 2.75) is 6.54 Å². The molecule has 2 aromatic heterocycles. The molecule has 1 amide bonds. The van der Waals surface area contributed by atoms with E-state index < -0.39 is 0 Å². The number of fused-ring (bicyclic) bond motifs is 1. The molecule has 5 heteroatoms. The van der Waals surface area contributed by atoms with Gasteiger partial charge in [0.1, 0.15) is 11.5 Å². The number of nitrogens with one attached hydrogen (secondary N) is 1. The van der Waals surface area contributed by atoms with Crippen LogP contribution in [0.3, 0.4) is 0 Å². The molecule has 0 bridgehead atoms. The average Bonchev–Trinajstić information content (AvgIpc) is 3.12. The lowest BCUT2D eigenvalue weighted by Crippen LogP contribution is -2.21. The number of benzene rings is 1. The fraction of sp³-hybridized carbons (Fsp3) is 0.133. The number of amides is 1. The molecule has 0 aliphatic carbocycles. The third-order valence-corrected chi connectivity index (χ3v) is 4.07. The highest BCUT2D eigenvalue weighted by Gasteiger charge is 2.11. The van der Waals surface area contributed by atoms with Crippen molar-refractivity contribution in [2.75, 3.05) is 7.11 Å². The Morgan fingerprint density at radius 1 is 1.35 bits per heavy atom. The molecule has 3 aromatic rings. The Morgan fingerprint density at radius 2 is 2.25 bits per heavy atom. The SMILES string of the molecule is COc1ccc2sc(C(=O)NCc3ccco3)cc2c1. The maximum absolute atomic E-state index is 12.1. The topological polar surface area (TPSA) is 51.5 Å². The Hall–Kier alpha value is -2.27. The second-order valence-electron chi connectivity index (χ2n) is 4.28. The molecule has 1 aromatic carbocycles. The molecule has 0 atom stereocenters. The number of carbonyl (C=O) groups excluding carboxylic acids is 1. The third-order valence-electron chi connectivity index (χ3n) is 2.95. The summed E-state index contributed by atoms with van der Waals surface area (Å²) < 4.78 is 11.4. The number of rotatable bonds is 4. The molecule has 0 spiro atoms. The van der Waals surface area contributed by atoms with Crippen molar-refractivity contribution < 1.29 is 13.9 Å². The first kappa shape index (κ1) is 12.7. The van der Waals surface area contributed by atoms with Crippen molar-refractivity contribution in [1.29, 1.82) is 0 Å². The predicted octanol–water partition coefficient (Wildman–Crippen LogP) is 3.43. The summed E-state index contributed by atoms with van der Waals surface area (Å²) >= 11 is 1.46. The van der Waals surface area contributed by atoms with Crippen LogP contribution in [0.15, 0.2) is 47.1 Å². The monoisotopic (exact) mass is 287 g/mol. The van der Waals surface area contributed by atoms with Gasteiger partial charge in [-0.2, -0.15) is 0 Å². The van der Waals surface area contributed by atoms with Gasteiger partial charge in [0.15, 0.2) is 0 Å². The molecule has 0 saturated heterocycles. The van der Waals surface area contributed by atoms with E-state index in [1.54, 1.807) is 19.4 Å². The van der Waals surface area contributed by atoms with E-state index in [1.807, 2.05) is 30.3 Å². The minimum atomic E-state index is -0.0958. The Balaban J connectivity index is 1.77. The summed E-state index contributed by atoms with van der Waals surface area (Å²) in [5, 5.41) is 3.85. The summed E-state index contributed by atoms with van der Waals surface area (Å²) in [6.07, 6.45) is 1.59. The number of ether oxygens (including phenoxy) is 1. The lowest BCUT2D eigenvalue weighted by molar-refractivity contribution is 0.0952. The van der Waals surface area contributed by atoms with Gasteiger partial charge in [-0.3, -0.25) is 4.79 Å². The van der Waals surface area contributed by atoms with E-state index in [1.165, 1.54) is 11.3 Å². The molecule has 0 fully saturated rings. The van der Waals surface area contributed by atoms with E-state index >= 15 is 0 Å². The fourth-order valence-electron chi connectivity index (χ4n) is 1.93. The second-order valence-corrected chi connectivity index (χ2v) is 5.36. The summed E-state index contributed by atoms with van der Waals surface area (Å²) in [5.41, 5.74) is 0. The molecule has 0 unspecified atom stereocenters. The number of hydrogen-bond donors (Lipinski definition) is 1. The van der Waals surface area contributed by atoms with Crippen LogP contribution in [0.5, 0.6) is 5.75 Å². The highest BCUT2D eigenvalue weighted by Crippen LogP contribution is 2.28. The van der Waals surface area contributed by atoms with Crippen molar-refractivity contribution in [2.24, 2.45) is 0 Å². The fourth-order valence-corrected chi connectivity index (χ4v) is 2.89. The van der Waals surface area contributed by atoms with Gasteiger partial charge in [-0.05, 0) is 41.8 Å². The van der Waals surface area contributed by atoms with E-state index in [4.69, 9.17) is 9.15 Å². The molecular weight excluding hydrogens is 274 g/mol. The largest absolute Gasteiger partial charge is 0.497 e. The van der Waals surface area contributed by atoms with Gasteiger partial charge < -0.3 is 14.5 Å². The van der Waals surface area contributed by atoms with Crippen LogP contribution in [-0.2, 0) is 6.54 Å². The number of hydrogen-bond acceptors (Lipinski definition) is 4.